The second kappa shape index (κ2) is 6.18. The van der Waals surface area contributed by atoms with Gasteiger partial charge in [0.2, 0.25) is 0 Å². The third-order valence-corrected chi connectivity index (χ3v) is 3.82. The third-order valence-electron chi connectivity index (χ3n) is 3.24. The summed E-state index contributed by atoms with van der Waals surface area (Å²) in [5.74, 6) is 1.83. The highest BCUT2D eigenvalue weighted by atomic mass is 79.9. The van der Waals surface area contributed by atoms with Gasteiger partial charge in [-0.25, -0.2) is 9.97 Å². The van der Waals surface area contributed by atoms with E-state index < -0.39 is 0 Å². The first-order valence-corrected chi connectivity index (χ1v) is 6.85. The summed E-state index contributed by atoms with van der Waals surface area (Å²) in [6, 6.07) is 0. The van der Waals surface area contributed by atoms with Crippen LogP contribution in [0.4, 0.5) is 5.82 Å². The molecule has 0 aromatic carbocycles. The van der Waals surface area contributed by atoms with E-state index in [4.69, 9.17) is 0 Å². The van der Waals surface area contributed by atoms with E-state index in [-0.39, 0.29) is 0 Å². The van der Waals surface area contributed by atoms with Gasteiger partial charge in [0.05, 0.1) is 4.47 Å². The molecule has 0 bridgehead atoms. The Morgan fingerprint density at radius 2 is 2.12 bits per heavy atom. The Hall–Kier alpha value is -0.640. The molecule has 1 N–H and O–H groups in total. The Kier molecular flexibility index (Phi) is 4.57. The van der Waals surface area contributed by atoms with Gasteiger partial charge in [0.15, 0.2) is 0 Å². The smallest absolute Gasteiger partial charge is 0.143 e. The maximum atomic E-state index is 4.19. The first-order valence-electron chi connectivity index (χ1n) is 6.05. The summed E-state index contributed by atoms with van der Waals surface area (Å²) < 4.78 is 0.943. The average molecular weight is 284 g/mol. The van der Waals surface area contributed by atoms with Crippen LogP contribution in [-0.2, 0) is 0 Å². The van der Waals surface area contributed by atoms with Crippen LogP contribution in [0.3, 0.4) is 0 Å². The standard InChI is InChI=1S/C12H18BrN3/c13-11-8-14-9-16-12(11)15-7-6-10-4-2-1-3-5-10/h8-10H,1-7H2,(H,14,15,16). The Bertz CT molecular complexity index is 324. The zero-order chi connectivity index (χ0) is 11.2. The molecule has 0 radical (unpaired) electrons. The van der Waals surface area contributed by atoms with Gasteiger partial charge < -0.3 is 5.32 Å². The highest BCUT2D eigenvalue weighted by Gasteiger charge is 2.12. The minimum Gasteiger partial charge on any atom is -0.369 e. The number of hydrogen-bond acceptors (Lipinski definition) is 3. The summed E-state index contributed by atoms with van der Waals surface area (Å²) in [5, 5.41) is 3.36. The molecule has 16 heavy (non-hydrogen) atoms. The normalized spacial score (nSPS) is 17.3. The number of halogens is 1. The van der Waals surface area contributed by atoms with Crippen molar-refractivity contribution in [2.75, 3.05) is 11.9 Å². The van der Waals surface area contributed by atoms with E-state index in [0.717, 1.165) is 22.8 Å². The maximum absolute atomic E-state index is 4.19. The van der Waals surface area contributed by atoms with Crippen molar-refractivity contribution in [3.63, 3.8) is 0 Å². The molecule has 1 fully saturated rings. The third kappa shape index (κ3) is 3.44. The van der Waals surface area contributed by atoms with Gasteiger partial charge in [-0.05, 0) is 28.3 Å². The second-order valence-corrected chi connectivity index (χ2v) is 5.29. The van der Waals surface area contributed by atoms with E-state index in [2.05, 4.69) is 31.2 Å². The molecule has 2 rings (SSSR count). The van der Waals surface area contributed by atoms with E-state index in [1.165, 1.54) is 38.5 Å². The van der Waals surface area contributed by atoms with Gasteiger partial charge in [0, 0.05) is 12.7 Å². The molecule has 0 atom stereocenters. The average Bonchev–Trinajstić information content (AvgIpc) is 2.33. The molecule has 0 aliphatic heterocycles. The van der Waals surface area contributed by atoms with Crippen LogP contribution in [0.2, 0.25) is 0 Å². The number of anilines is 1. The number of nitrogens with zero attached hydrogens (tertiary/aromatic N) is 2. The molecule has 4 heteroatoms. The largest absolute Gasteiger partial charge is 0.369 e. The van der Waals surface area contributed by atoms with Crippen molar-refractivity contribution in [3.05, 3.63) is 17.0 Å². The molecule has 0 spiro atoms. The number of nitrogens with one attached hydrogen (secondary N) is 1. The lowest BCUT2D eigenvalue weighted by atomic mass is 9.87. The Labute approximate surface area is 105 Å². The van der Waals surface area contributed by atoms with E-state index in [9.17, 15) is 0 Å². The fraction of sp³-hybridized carbons (Fsp3) is 0.667. The lowest BCUT2D eigenvalue weighted by Gasteiger charge is -2.21. The lowest BCUT2D eigenvalue weighted by Crippen LogP contribution is -2.12. The molecule has 0 amide bonds. The van der Waals surface area contributed by atoms with Crippen LogP contribution in [-0.4, -0.2) is 16.5 Å². The second-order valence-electron chi connectivity index (χ2n) is 4.44. The van der Waals surface area contributed by atoms with Crippen LogP contribution in [0.1, 0.15) is 38.5 Å². The van der Waals surface area contributed by atoms with Crippen molar-refractivity contribution in [1.29, 1.82) is 0 Å². The molecule has 0 saturated heterocycles. The fourth-order valence-electron chi connectivity index (χ4n) is 2.31. The number of hydrogen-bond donors (Lipinski definition) is 1. The van der Waals surface area contributed by atoms with Gasteiger partial charge in [0.1, 0.15) is 12.1 Å². The molecule has 3 nitrogen and oxygen atoms in total. The fourth-order valence-corrected chi connectivity index (χ4v) is 2.67. The number of aromatic nitrogens is 2. The van der Waals surface area contributed by atoms with Crippen LogP contribution in [0.5, 0.6) is 0 Å². The molecule has 1 aromatic rings. The molecule has 1 saturated carbocycles. The quantitative estimate of drug-likeness (QED) is 0.917. The van der Waals surface area contributed by atoms with Crippen LogP contribution in [0.15, 0.2) is 17.0 Å². The molecule has 88 valence electrons. The lowest BCUT2D eigenvalue weighted by molar-refractivity contribution is 0.345. The van der Waals surface area contributed by atoms with Crippen LogP contribution < -0.4 is 5.32 Å². The summed E-state index contributed by atoms with van der Waals surface area (Å²) in [6.45, 7) is 1.01. The van der Waals surface area contributed by atoms with Crippen molar-refractivity contribution in [3.8, 4) is 0 Å². The SMILES string of the molecule is Brc1cncnc1NCCC1CCCCC1. The molecule has 1 aromatic heterocycles. The van der Waals surface area contributed by atoms with Crippen molar-refractivity contribution in [2.45, 2.75) is 38.5 Å². The zero-order valence-electron chi connectivity index (χ0n) is 9.45. The summed E-state index contributed by atoms with van der Waals surface area (Å²) >= 11 is 3.43. The highest BCUT2D eigenvalue weighted by Crippen LogP contribution is 2.26. The first-order chi connectivity index (χ1) is 7.86. The predicted molar refractivity (Wildman–Crippen MR) is 69.4 cm³/mol. The van der Waals surface area contributed by atoms with Crippen LogP contribution in [0, 0.1) is 5.92 Å². The van der Waals surface area contributed by atoms with E-state index >= 15 is 0 Å². The first kappa shape index (κ1) is 11.8. The maximum Gasteiger partial charge on any atom is 0.143 e. The van der Waals surface area contributed by atoms with Crippen molar-refractivity contribution < 1.29 is 0 Å². The topological polar surface area (TPSA) is 37.8 Å². The van der Waals surface area contributed by atoms with E-state index in [1.807, 2.05) is 0 Å². The summed E-state index contributed by atoms with van der Waals surface area (Å²) in [5.41, 5.74) is 0. The molecule has 0 unspecified atom stereocenters. The molecular weight excluding hydrogens is 266 g/mol. The molecule has 1 aliphatic rings. The van der Waals surface area contributed by atoms with Crippen LogP contribution >= 0.6 is 15.9 Å². The van der Waals surface area contributed by atoms with Gasteiger partial charge in [0.25, 0.3) is 0 Å². The summed E-state index contributed by atoms with van der Waals surface area (Å²) in [7, 11) is 0. The Morgan fingerprint density at radius 1 is 1.31 bits per heavy atom. The van der Waals surface area contributed by atoms with E-state index in [0.29, 0.717) is 0 Å². The van der Waals surface area contributed by atoms with E-state index in [1.54, 1.807) is 12.5 Å². The summed E-state index contributed by atoms with van der Waals surface area (Å²) in [4.78, 5) is 8.14. The predicted octanol–water partition coefficient (Wildman–Crippen LogP) is 3.62. The van der Waals surface area contributed by atoms with Gasteiger partial charge in [-0.1, -0.05) is 32.1 Å². The van der Waals surface area contributed by atoms with Crippen molar-refractivity contribution >= 4 is 21.7 Å². The van der Waals surface area contributed by atoms with Gasteiger partial charge in [-0.15, -0.1) is 0 Å². The van der Waals surface area contributed by atoms with Gasteiger partial charge in [-0.2, -0.15) is 0 Å². The monoisotopic (exact) mass is 283 g/mol. The Morgan fingerprint density at radius 3 is 2.88 bits per heavy atom. The number of rotatable bonds is 4. The molecular formula is C12H18BrN3. The van der Waals surface area contributed by atoms with Gasteiger partial charge in [-0.3, -0.25) is 0 Å². The summed E-state index contributed by atoms with van der Waals surface area (Å²) in [6.07, 6.45) is 11.7. The Balaban J connectivity index is 1.73. The highest BCUT2D eigenvalue weighted by molar-refractivity contribution is 9.10. The van der Waals surface area contributed by atoms with Gasteiger partial charge >= 0.3 is 0 Å². The minimum atomic E-state index is 0.908. The van der Waals surface area contributed by atoms with Crippen molar-refractivity contribution in [2.24, 2.45) is 5.92 Å². The van der Waals surface area contributed by atoms with Crippen LogP contribution in [0.25, 0.3) is 0 Å². The van der Waals surface area contributed by atoms with Crippen molar-refractivity contribution in [1.82, 2.24) is 9.97 Å². The zero-order valence-corrected chi connectivity index (χ0v) is 11.0. The molecule has 1 aliphatic carbocycles. The minimum absolute atomic E-state index is 0.908. The molecule has 1 heterocycles.